The first-order valence-corrected chi connectivity index (χ1v) is 12.9. The molecule has 10 unspecified atom stereocenters. The molecule has 6 rings (SSSR count). The van der Waals surface area contributed by atoms with Crippen LogP contribution in [0.1, 0.15) is 91.9 Å². The summed E-state index contributed by atoms with van der Waals surface area (Å²) in [7, 11) is 0. The first-order chi connectivity index (χ1) is 13.9. The minimum atomic E-state index is -0.295. The molecule has 10 atom stereocenters. The van der Waals surface area contributed by atoms with E-state index < -0.39 is 0 Å². The van der Waals surface area contributed by atoms with Crippen LogP contribution >= 0.6 is 0 Å². The number of hydrogen-bond donors (Lipinski definition) is 0. The van der Waals surface area contributed by atoms with E-state index in [2.05, 4.69) is 33.8 Å². The van der Waals surface area contributed by atoms with E-state index in [0.29, 0.717) is 34.7 Å². The van der Waals surface area contributed by atoms with Crippen LogP contribution in [0.5, 0.6) is 0 Å². The molecule has 0 radical (unpaired) electrons. The third-order valence-electron chi connectivity index (χ3n) is 11.2. The van der Waals surface area contributed by atoms with Crippen molar-refractivity contribution in [2.75, 3.05) is 6.61 Å². The number of hydrogen-bond acceptors (Lipinski definition) is 2. The highest BCUT2D eigenvalue weighted by molar-refractivity contribution is 5.34. The Hall–Kier alpha value is -0.340. The summed E-state index contributed by atoms with van der Waals surface area (Å²) in [6.45, 7) is 10.9. The average molecular weight is 399 g/mol. The maximum absolute atomic E-state index is 6.84. The van der Waals surface area contributed by atoms with Crippen LogP contribution in [-0.4, -0.2) is 18.5 Å². The summed E-state index contributed by atoms with van der Waals surface area (Å²) in [4.78, 5) is 0. The van der Waals surface area contributed by atoms with Crippen LogP contribution < -0.4 is 0 Å². The van der Waals surface area contributed by atoms with E-state index >= 15 is 0 Å². The normalized spacial score (nSPS) is 58.9. The predicted molar refractivity (Wildman–Crippen MR) is 116 cm³/mol. The van der Waals surface area contributed by atoms with Crippen molar-refractivity contribution >= 4 is 0 Å². The molecule has 2 heteroatoms. The number of rotatable bonds is 0. The molecule has 1 spiro atoms. The molecule has 0 amide bonds. The minimum absolute atomic E-state index is 0.295. The molecule has 3 saturated carbocycles. The summed E-state index contributed by atoms with van der Waals surface area (Å²) in [5.74, 6) is 4.28. The van der Waals surface area contributed by atoms with Gasteiger partial charge in [0.25, 0.3) is 0 Å². The molecule has 162 valence electrons. The SMILES string of the molecule is CC1CCC2(OC1)OC1C=C3C4CCC5CCCCC5(C)C4CCC3(C)C1C2C. The summed E-state index contributed by atoms with van der Waals surface area (Å²) in [6, 6.07) is 0. The molecule has 0 aromatic rings. The number of allylic oxidation sites excluding steroid dienone is 1. The second kappa shape index (κ2) is 6.35. The fraction of sp³-hybridized carbons (Fsp3) is 0.926. The lowest BCUT2D eigenvalue weighted by Crippen LogP contribution is -2.51. The quantitative estimate of drug-likeness (QED) is 0.420. The van der Waals surface area contributed by atoms with Crippen LogP contribution in [0.4, 0.5) is 0 Å². The molecule has 0 aromatic carbocycles. The number of fused-ring (bicyclic) bond motifs is 7. The molecule has 0 N–H and O–H groups in total. The molecule has 2 nitrogen and oxygen atoms in total. The molecular formula is C27H42O2. The molecule has 5 fully saturated rings. The van der Waals surface area contributed by atoms with E-state index in [1.54, 1.807) is 0 Å². The second-order valence-corrected chi connectivity index (χ2v) is 12.5. The van der Waals surface area contributed by atoms with Gasteiger partial charge in [-0.15, -0.1) is 0 Å². The standard InChI is InChI=1S/C27H42O2/c1-17-10-14-27(28-16-17)18(2)24-23(29-27)15-22-20-9-8-19-7-5-6-12-25(19,3)21(20)11-13-26(22,24)4/h15,17-21,23-24H,5-14,16H2,1-4H3. The van der Waals surface area contributed by atoms with Gasteiger partial charge in [0.1, 0.15) is 0 Å². The van der Waals surface area contributed by atoms with Crippen molar-refractivity contribution in [2.45, 2.75) is 104 Å². The topological polar surface area (TPSA) is 18.5 Å². The monoisotopic (exact) mass is 398 g/mol. The second-order valence-electron chi connectivity index (χ2n) is 12.5. The zero-order valence-electron chi connectivity index (χ0n) is 19.2. The number of ether oxygens (including phenoxy) is 2. The van der Waals surface area contributed by atoms with E-state index in [0.717, 1.165) is 30.8 Å². The Balaban J connectivity index is 1.31. The highest BCUT2D eigenvalue weighted by atomic mass is 16.7. The van der Waals surface area contributed by atoms with Crippen molar-refractivity contribution in [3.8, 4) is 0 Å². The molecule has 2 saturated heterocycles. The Kier molecular flexibility index (Phi) is 4.23. The Labute approximate surface area is 178 Å². The largest absolute Gasteiger partial charge is 0.349 e. The van der Waals surface area contributed by atoms with E-state index in [-0.39, 0.29) is 5.79 Å². The van der Waals surface area contributed by atoms with Crippen molar-refractivity contribution in [1.29, 1.82) is 0 Å². The smallest absolute Gasteiger partial charge is 0.172 e. The molecule has 0 bridgehead atoms. The van der Waals surface area contributed by atoms with Crippen molar-refractivity contribution in [3.05, 3.63) is 11.6 Å². The van der Waals surface area contributed by atoms with Gasteiger partial charge in [0, 0.05) is 18.3 Å². The minimum Gasteiger partial charge on any atom is -0.349 e. The van der Waals surface area contributed by atoms with Gasteiger partial charge in [-0.1, -0.05) is 52.2 Å². The lowest BCUT2D eigenvalue weighted by molar-refractivity contribution is -0.265. The van der Waals surface area contributed by atoms with Crippen LogP contribution in [0.3, 0.4) is 0 Å². The summed E-state index contributed by atoms with van der Waals surface area (Å²) in [6.07, 6.45) is 17.0. The highest BCUT2D eigenvalue weighted by Gasteiger charge is 2.66. The van der Waals surface area contributed by atoms with Gasteiger partial charge in [0.15, 0.2) is 5.79 Å². The fourth-order valence-corrected chi connectivity index (χ4v) is 9.57. The zero-order valence-corrected chi connectivity index (χ0v) is 19.2. The molecule has 4 aliphatic carbocycles. The highest BCUT2D eigenvalue weighted by Crippen LogP contribution is 2.69. The molecule has 2 heterocycles. The van der Waals surface area contributed by atoms with Gasteiger partial charge in [-0.25, -0.2) is 0 Å². The Morgan fingerprint density at radius 1 is 0.931 bits per heavy atom. The van der Waals surface area contributed by atoms with Crippen LogP contribution in [0.25, 0.3) is 0 Å². The summed E-state index contributed by atoms with van der Waals surface area (Å²) in [5.41, 5.74) is 2.77. The van der Waals surface area contributed by atoms with Crippen molar-refractivity contribution in [1.82, 2.24) is 0 Å². The molecule has 6 aliphatic rings. The van der Waals surface area contributed by atoms with E-state index in [9.17, 15) is 0 Å². The zero-order chi connectivity index (χ0) is 20.0. The van der Waals surface area contributed by atoms with Crippen molar-refractivity contribution < 1.29 is 9.47 Å². The van der Waals surface area contributed by atoms with Gasteiger partial charge in [-0.05, 0) is 79.4 Å². The average Bonchev–Trinajstić information content (AvgIpc) is 3.15. The molecular weight excluding hydrogens is 356 g/mol. The van der Waals surface area contributed by atoms with Gasteiger partial charge < -0.3 is 9.47 Å². The van der Waals surface area contributed by atoms with E-state index in [1.165, 1.54) is 57.8 Å². The molecule has 29 heavy (non-hydrogen) atoms. The van der Waals surface area contributed by atoms with Gasteiger partial charge in [0.2, 0.25) is 0 Å². The fourth-order valence-electron chi connectivity index (χ4n) is 9.57. The molecule has 0 aromatic heterocycles. The van der Waals surface area contributed by atoms with E-state index in [1.807, 2.05) is 5.57 Å². The predicted octanol–water partition coefficient (Wildman–Crippen LogP) is 6.74. The van der Waals surface area contributed by atoms with Crippen molar-refractivity contribution in [2.24, 2.45) is 46.3 Å². The van der Waals surface area contributed by atoms with Gasteiger partial charge in [0.05, 0.1) is 12.7 Å². The van der Waals surface area contributed by atoms with Gasteiger partial charge in [-0.3, -0.25) is 0 Å². The van der Waals surface area contributed by atoms with Crippen LogP contribution in [0.15, 0.2) is 11.6 Å². The van der Waals surface area contributed by atoms with E-state index in [4.69, 9.17) is 9.47 Å². The van der Waals surface area contributed by atoms with Gasteiger partial charge in [-0.2, -0.15) is 0 Å². The lowest BCUT2D eigenvalue weighted by Gasteiger charge is -2.59. The maximum atomic E-state index is 6.84. The third kappa shape index (κ3) is 2.48. The Morgan fingerprint density at radius 3 is 2.59 bits per heavy atom. The first-order valence-electron chi connectivity index (χ1n) is 12.9. The Morgan fingerprint density at radius 2 is 1.79 bits per heavy atom. The summed E-state index contributed by atoms with van der Waals surface area (Å²) in [5, 5.41) is 0. The Bertz CT molecular complexity index is 703. The maximum Gasteiger partial charge on any atom is 0.172 e. The van der Waals surface area contributed by atoms with Gasteiger partial charge >= 0.3 is 0 Å². The summed E-state index contributed by atoms with van der Waals surface area (Å²) >= 11 is 0. The molecule has 2 aliphatic heterocycles. The first kappa shape index (κ1) is 19.4. The van der Waals surface area contributed by atoms with Crippen LogP contribution in [0, 0.1) is 46.3 Å². The van der Waals surface area contributed by atoms with Crippen LogP contribution in [-0.2, 0) is 9.47 Å². The summed E-state index contributed by atoms with van der Waals surface area (Å²) < 4.78 is 13.3. The van der Waals surface area contributed by atoms with Crippen molar-refractivity contribution in [3.63, 3.8) is 0 Å². The van der Waals surface area contributed by atoms with Crippen LogP contribution in [0.2, 0.25) is 0 Å². The third-order valence-corrected chi connectivity index (χ3v) is 11.2. The lowest BCUT2D eigenvalue weighted by atomic mass is 9.45.